The number of carboxylic acids is 1. The van der Waals surface area contributed by atoms with E-state index in [-0.39, 0.29) is 0 Å². The number of allylic oxidation sites excluding steroid dienone is 1. The predicted octanol–water partition coefficient (Wildman–Crippen LogP) is 3.07. The van der Waals surface area contributed by atoms with Gasteiger partial charge in [-0.15, -0.1) is 0 Å². The van der Waals surface area contributed by atoms with Crippen molar-refractivity contribution in [3.05, 3.63) is 41.0 Å². The number of benzene rings is 1. The summed E-state index contributed by atoms with van der Waals surface area (Å²) in [6.45, 7) is 6.75. The molecule has 2 N–H and O–H groups in total. The summed E-state index contributed by atoms with van der Waals surface area (Å²) >= 11 is 0. The topological polar surface area (TPSA) is 49.3 Å². The van der Waals surface area contributed by atoms with Crippen LogP contribution in [-0.2, 0) is 0 Å². The van der Waals surface area contributed by atoms with Crippen LogP contribution >= 0.6 is 0 Å². The van der Waals surface area contributed by atoms with E-state index in [1.165, 1.54) is 5.57 Å². The van der Waals surface area contributed by atoms with Gasteiger partial charge in [0.2, 0.25) is 0 Å². The highest BCUT2D eigenvalue weighted by molar-refractivity contribution is 5.88. The number of aryl methyl sites for hydroxylation is 1. The molecular weight excluding hydrogens is 202 g/mol. The maximum atomic E-state index is 10.7. The van der Waals surface area contributed by atoms with Crippen molar-refractivity contribution < 1.29 is 9.90 Å². The lowest BCUT2D eigenvalue weighted by Crippen LogP contribution is -2.03. The summed E-state index contributed by atoms with van der Waals surface area (Å²) in [5.41, 5.74) is 3.50. The minimum atomic E-state index is -0.890. The van der Waals surface area contributed by atoms with Gasteiger partial charge in [0, 0.05) is 12.2 Å². The Morgan fingerprint density at radius 2 is 2.12 bits per heavy atom. The zero-order valence-electron chi connectivity index (χ0n) is 9.87. The second kappa shape index (κ2) is 5.35. The second-order valence-electron chi connectivity index (χ2n) is 4.00. The molecule has 0 atom stereocenters. The average molecular weight is 219 g/mol. The maximum absolute atomic E-state index is 10.7. The van der Waals surface area contributed by atoms with Gasteiger partial charge in [-0.05, 0) is 44.5 Å². The van der Waals surface area contributed by atoms with Crippen molar-refractivity contribution in [3.8, 4) is 0 Å². The number of carboxylic acid groups (broad SMARTS) is 1. The molecule has 0 saturated heterocycles. The summed E-state index contributed by atoms with van der Waals surface area (Å²) in [6, 6.07) is 5.09. The van der Waals surface area contributed by atoms with Gasteiger partial charge in [-0.25, -0.2) is 4.79 Å². The lowest BCUT2D eigenvalue weighted by Gasteiger charge is -2.08. The highest BCUT2D eigenvalue weighted by Gasteiger charge is 2.04. The minimum absolute atomic E-state index is 0.324. The molecule has 0 bridgehead atoms. The zero-order valence-corrected chi connectivity index (χ0v) is 9.87. The summed E-state index contributed by atoms with van der Waals surface area (Å²) in [5, 5.41) is 12.1. The molecule has 0 amide bonds. The molecule has 0 aromatic heterocycles. The Bertz CT molecular complexity index is 418. The number of hydrogen-bond donors (Lipinski definition) is 2. The maximum Gasteiger partial charge on any atom is 0.335 e. The number of nitrogens with one attached hydrogen (secondary N) is 1. The van der Waals surface area contributed by atoms with Gasteiger partial charge in [0.1, 0.15) is 0 Å². The van der Waals surface area contributed by atoms with Crippen molar-refractivity contribution in [1.29, 1.82) is 0 Å². The molecule has 3 heteroatoms. The molecule has 0 fully saturated rings. The van der Waals surface area contributed by atoms with Gasteiger partial charge in [-0.1, -0.05) is 11.6 Å². The number of carbonyl (C=O) groups is 1. The van der Waals surface area contributed by atoms with Crippen molar-refractivity contribution in [2.45, 2.75) is 20.8 Å². The Morgan fingerprint density at radius 1 is 1.44 bits per heavy atom. The molecule has 0 heterocycles. The number of anilines is 1. The van der Waals surface area contributed by atoms with E-state index in [2.05, 4.69) is 11.4 Å². The quantitative estimate of drug-likeness (QED) is 0.765. The first-order valence-electron chi connectivity index (χ1n) is 5.22. The van der Waals surface area contributed by atoms with E-state index in [4.69, 9.17) is 5.11 Å². The van der Waals surface area contributed by atoms with E-state index in [0.29, 0.717) is 5.56 Å². The van der Waals surface area contributed by atoms with E-state index in [9.17, 15) is 4.79 Å². The predicted molar refractivity (Wildman–Crippen MR) is 66.1 cm³/mol. The molecule has 1 aromatic rings. The van der Waals surface area contributed by atoms with Crippen LogP contribution in [0.1, 0.15) is 29.8 Å². The fourth-order valence-electron chi connectivity index (χ4n) is 1.36. The molecule has 0 radical (unpaired) electrons. The van der Waals surface area contributed by atoms with Crippen LogP contribution in [0.5, 0.6) is 0 Å². The van der Waals surface area contributed by atoms with Crippen molar-refractivity contribution in [3.63, 3.8) is 0 Å². The molecule has 0 saturated carbocycles. The van der Waals surface area contributed by atoms with Gasteiger partial charge in [-0.3, -0.25) is 0 Å². The summed E-state index contributed by atoms with van der Waals surface area (Å²) in [4.78, 5) is 10.7. The van der Waals surface area contributed by atoms with Crippen LogP contribution in [-0.4, -0.2) is 17.6 Å². The summed E-state index contributed by atoms with van der Waals surface area (Å²) in [5.74, 6) is -0.890. The Labute approximate surface area is 95.8 Å². The van der Waals surface area contributed by atoms with E-state index in [0.717, 1.165) is 17.8 Å². The zero-order chi connectivity index (χ0) is 12.1. The molecular formula is C13H17NO2. The van der Waals surface area contributed by atoms with Crippen molar-refractivity contribution in [2.24, 2.45) is 0 Å². The number of aromatic carboxylic acids is 1. The third-order valence-electron chi connectivity index (χ3n) is 2.28. The Kier molecular flexibility index (Phi) is 4.11. The Balaban J connectivity index is 2.75. The van der Waals surface area contributed by atoms with Crippen LogP contribution in [0.3, 0.4) is 0 Å². The van der Waals surface area contributed by atoms with Gasteiger partial charge in [-0.2, -0.15) is 0 Å². The third-order valence-corrected chi connectivity index (χ3v) is 2.28. The molecule has 0 unspecified atom stereocenters. The van der Waals surface area contributed by atoms with Crippen LogP contribution < -0.4 is 5.32 Å². The molecule has 1 rings (SSSR count). The molecule has 0 spiro atoms. The third kappa shape index (κ3) is 3.42. The fraction of sp³-hybridized carbons (Fsp3) is 0.308. The average Bonchev–Trinajstić information content (AvgIpc) is 2.19. The van der Waals surface area contributed by atoms with Gasteiger partial charge in [0.15, 0.2) is 0 Å². The van der Waals surface area contributed by atoms with Gasteiger partial charge < -0.3 is 10.4 Å². The largest absolute Gasteiger partial charge is 0.478 e. The molecule has 0 aliphatic heterocycles. The van der Waals surface area contributed by atoms with Gasteiger partial charge >= 0.3 is 5.97 Å². The van der Waals surface area contributed by atoms with Crippen molar-refractivity contribution >= 4 is 11.7 Å². The van der Waals surface area contributed by atoms with E-state index in [1.807, 2.05) is 20.8 Å². The molecule has 86 valence electrons. The number of rotatable bonds is 4. The molecule has 0 aliphatic carbocycles. The fourth-order valence-corrected chi connectivity index (χ4v) is 1.36. The lowest BCUT2D eigenvalue weighted by atomic mass is 10.1. The highest BCUT2D eigenvalue weighted by Crippen LogP contribution is 2.16. The summed E-state index contributed by atoms with van der Waals surface area (Å²) in [6.07, 6.45) is 2.09. The standard InChI is InChI=1S/C13H17NO2/c1-9(2)6-7-14-12-5-4-11(13(15)16)8-10(12)3/h4-6,8,14H,7H2,1-3H3,(H,15,16). The van der Waals surface area contributed by atoms with Gasteiger partial charge in [0.05, 0.1) is 5.56 Å². The first kappa shape index (κ1) is 12.3. The van der Waals surface area contributed by atoms with Crippen LogP contribution in [0.4, 0.5) is 5.69 Å². The second-order valence-corrected chi connectivity index (χ2v) is 4.00. The minimum Gasteiger partial charge on any atom is -0.478 e. The van der Waals surface area contributed by atoms with Gasteiger partial charge in [0.25, 0.3) is 0 Å². The van der Waals surface area contributed by atoms with E-state index in [1.54, 1.807) is 18.2 Å². The molecule has 3 nitrogen and oxygen atoms in total. The molecule has 16 heavy (non-hydrogen) atoms. The monoisotopic (exact) mass is 219 g/mol. The van der Waals surface area contributed by atoms with E-state index < -0.39 is 5.97 Å². The first-order chi connectivity index (χ1) is 7.50. The number of hydrogen-bond acceptors (Lipinski definition) is 2. The Hall–Kier alpha value is -1.77. The van der Waals surface area contributed by atoms with Crippen molar-refractivity contribution in [2.75, 3.05) is 11.9 Å². The molecule has 0 aliphatic rings. The Morgan fingerprint density at radius 3 is 2.62 bits per heavy atom. The first-order valence-corrected chi connectivity index (χ1v) is 5.22. The molecule has 1 aromatic carbocycles. The summed E-state index contributed by atoms with van der Waals surface area (Å²) in [7, 11) is 0. The summed E-state index contributed by atoms with van der Waals surface area (Å²) < 4.78 is 0. The van der Waals surface area contributed by atoms with Crippen LogP contribution in [0.2, 0.25) is 0 Å². The SMILES string of the molecule is CC(C)=CCNc1ccc(C(=O)O)cc1C. The van der Waals surface area contributed by atoms with Crippen LogP contribution in [0, 0.1) is 6.92 Å². The van der Waals surface area contributed by atoms with Crippen LogP contribution in [0.15, 0.2) is 29.8 Å². The van der Waals surface area contributed by atoms with E-state index >= 15 is 0 Å². The van der Waals surface area contributed by atoms with Crippen LogP contribution in [0.25, 0.3) is 0 Å². The lowest BCUT2D eigenvalue weighted by molar-refractivity contribution is 0.0697. The normalized spacial score (nSPS) is 9.69. The highest BCUT2D eigenvalue weighted by atomic mass is 16.4. The van der Waals surface area contributed by atoms with Crippen molar-refractivity contribution in [1.82, 2.24) is 0 Å². The smallest absolute Gasteiger partial charge is 0.335 e.